The van der Waals surface area contributed by atoms with Gasteiger partial charge in [-0.05, 0) is 42.0 Å². The zero-order valence-corrected chi connectivity index (χ0v) is 12.5. The van der Waals surface area contributed by atoms with Crippen molar-refractivity contribution in [3.05, 3.63) is 63.7 Å². The molecule has 2 aromatic rings. The lowest BCUT2D eigenvalue weighted by Crippen LogP contribution is -2.11. The van der Waals surface area contributed by atoms with Crippen molar-refractivity contribution in [3.63, 3.8) is 0 Å². The van der Waals surface area contributed by atoms with Gasteiger partial charge in [0.2, 0.25) is 0 Å². The van der Waals surface area contributed by atoms with Crippen LogP contribution in [0.2, 0.25) is 5.02 Å². The number of phenols is 1. The number of benzene rings is 2. The van der Waals surface area contributed by atoms with Gasteiger partial charge in [0.25, 0.3) is 0 Å². The lowest BCUT2D eigenvalue weighted by Gasteiger charge is -2.13. The number of aromatic hydroxyl groups is 1. The molecule has 0 heterocycles. The topological polar surface area (TPSA) is 20.2 Å². The van der Waals surface area contributed by atoms with Gasteiger partial charge < -0.3 is 5.11 Å². The van der Waals surface area contributed by atoms with Crippen LogP contribution in [0.3, 0.4) is 0 Å². The molecule has 0 radical (unpaired) electrons. The number of rotatable bonds is 2. The Morgan fingerprint density at radius 3 is 1.83 bits per heavy atom. The van der Waals surface area contributed by atoms with Gasteiger partial charge in [-0.1, -0.05) is 23.8 Å². The summed E-state index contributed by atoms with van der Waals surface area (Å²) in [6.45, 7) is 0. The van der Waals surface area contributed by atoms with Gasteiger partial charge in [-0.15, -0.1) is 0 Å². The lowest BCUT2D eigenvalue weighted by molar-refractivity contribution is -0.143. The second-order valence-corrected chi connectivity index (χ2v) is 5.31. The quantitative estimate of drug-likeness (QED) is 0.491. The van der Waals surface area contributed by atoms with Crippen LogP contribution in [0.15, 0.2) is 36.4 Å². The van der Waals surface area contributed by atoms with E-state index in [-0.39, 0.29) is 28.0 Å². The Balaban J connectivity index is 2.49. The van der Waals surface area contributed by atoms with E-state index in [2.05, 4.69) is 0 Å². The molecule has 0 aromatic heterocycles. The molecule has 1 nitrogen and oxygen atoms in total. The minimum atomic E-state index is -4.91. The van der Waals surface area contributed by atoms with Gasteiger partial charge >= 0.3 is 12.4 Å². The highest BCUT2D eigenvalue weighted by Gasteiger charge is 2.36. The fraction of sp³-hybridized carbons (Fsp3) is 0.125. The minimum Gasteiger partial charge on any atom is -0.507 e. The molecule has 0 atom stereocenters. The molecule has 1 N–H and O–H groups in total. The molecule has 0 aliphatic rings. The molecule has 24 heavy (non-hydrogen) atoms. The second-order valence-electron chi connectivity index (χ2n) is 4.88. The molecule has 8 heteroatoms. The van der Waals surface area contributed by atoms with E-state index in [9.17, 15) is 31.4 Å². The number of halogens is 7. The van der Waals surface area contributed by atoms with Gasteiger partial charge in [0.15, 0.2) is 0 Å². The summed E-state index contributed by atoms with van der Waals surface area (Å²) in [7, 11) is 0. The van der Waals surface area contributed by atoms with E-state index in [0.717, 1.165) is 6.08 Å². The fourth-order valence-corrected chi connectivity index (χ4v) is 2.10. The first-order valence-corrected chi connectivity index (χ1v) is 6.81. The van der Waals surface area contributed by atoms with E-state index >= 15 is 0 Å². The summed E-state index contributed by atoms with van der Waals surface area (Å²) < 4.78 is 76.6. The maximum Gasteiger partial charge on any atom is 0.416 e. The number of alkyl halides is 6. The summed E-state index contributed by atoms with van der Waals surface area (Å²) in [5.74, 6) is -0.210. The van der Waals surface area contributed by atoms with Crippen molar-refractivity contribution in [2.45, 2.75) is 12.4 Å². The van der Waals surface area contributed by atoms with Gasteiger partial charge in [-0.2, -0.15) is 26.3 Å². The molecule has 0 saturated heterocycles. The maximum absolute atomic E-state index is 12.8. The third kappa shape index (κ3) is 4.44. The Hall–Kier alpha value is -2.15. The first-order chi connectivity index (χ1) is 11.0. The van der Waals surface area contributed by atoms with Crippen molar-refractivity contribution in [2.75, 3.05) is 0 Å². The maximum atomic E-state index is 12.8. The van der Waals surface area contributed by atoms with Crippen LogP contribution in [0.1, 0.15) is 22.3 Å². The molecule has 0 amide bonds. The summed E-state index contributed by atoms with van der Waals surface area (Å²) in [4.78, 5) is 0. The van der Waals surface area contributed by atoms with E-state index in [0.29, 0.717) is 12.1 Å². The van der Waals surface area contributed by atoms with E-state index in [1.807, 2.05) is 0 Å². The molecule has 0 aliphatic heterocycles. The van der Waals surface area contributed by atoms with Crippen molar-refractivity contribution >= 4 is 23.8 Å². The van der Waals surface area contributed by atoms with Crippen LogP contribution < -0.4 is 0 Å². The van der Waals surface area contributed by atoms with Crippen LogP contribution in [0.5, 0.6) is 5.75 Å². The van der Waals surface area contributed by atoms with Crippen molar-refractivity contribution in [2.24, 2.45) is 0 Å². The minimum absolute atomic E-state index is 0.0498. The van der Waals surface area contributed by atoms with E-state index < -0.39 is 23.5 Å². The SMILES string of the molecule is Oc1ccc(Cl)cc1/C=C/c1cc(C(F)(F)F)cc(C(F)(F)F)c1. The smallest absolute Gasteiger partial charge is 0.416 e. The molecule has 0 spiro atoms. The monoisotopic (exact) mass is 366 g/mol. The predicted molar refractivity (Wildman–Crippen MR) is 78.5 cm³/mol. The molecule has 0 aliphatic carbocycles. The molecular weight excluding hydrogens is 358 g/mol. The van der Waals surface area contributed by atoms with Crippen LogP contribution in [0.25, 0.3) is 12.2 Å². The first kappa shape index (κ1) is 18.2. The van der Waals surface area contributed by atoms with Crippen molar-refractivity contribution in [1.82, 2.24) is 0 Å². The summed E-state index contributed by atoms with van der Waals surface area (Å²) >= 11 is 5.73. The molecule has 2 rings (SSSR count). The van der Waals surface area contributed by atoms with E-state index in [4.69, 9.17) is 11.6 Å². The Bertz CT molecular complexity index is 745. The fourth-order valence-electron chi connectivity index (χ4n) is 1.92. The summed E-state index contributed by atoms with van der Waals surface area (Å²) in [6.07, 6.45) is -7.61. The van der Waals surface area contributed by atoms with Gasteiger partial charge in [-0.3, -0.25) is 0 Å². The summed E-state index contributed by atoms with van der Waals surface area (Å²) in [5, 5.41) is 9.87. The van der Waals surface area contributed by atoms with Gasteiger partial charge in [-0.25, -0.2) is 0 Å². The Morgan fingerprint density at radius 1 is 0.792 bits per heavy atom. The number of phenolic OH excluding ortho intramolecular Hbond substituents is 1. The lowest BCUT2D eigenvalue weighted by atomic mass is 10.0. The van der Waals surface area contributed by atoms with E-state index in [1.54, 1.807) is 0 Å². The van der Waals surface area contributed by atoms with Crippen LogP contribution in [-0.4, -0.2) is 5.11 Å². The molecule has 0 fully saturated rings. The van der Waals surface area contributed by atoms with Crippen LogP contribution in [-0.2, 0) is 12.4 Å². The summed E-state index contributed by atoms with van der Waals surface area (Å²) in [6, 6.07) is 5.20. The molecule has 0 bridgehead atoms. The van der Waals surface area contributed by atoms with Crippen molar-refractivity contribution < 1.29 is 31.4 Å². The van der Waals surface area contributed by atoms with Crippen molar-refractivity contribution in [1.29, 1.82) is 0 Å². The van der Waals surface area contributed by atoms with Gasteiger partial charge in [0, 0.05) is 10.6 Å². The Labute approximate surface area is 137 Å². The molecular formula is C16H9ClF6O. The van der Waals surface area contributed by atoms with Crippen LogP contribution in [0, 0.1) is 0 Å². The zero-order chi connectivity index (χ0) is 18.1. The Morgan fingerprint density at radius 2 is 1.33 bits per heavy atom. The molecule has 0 unspecified atom stereocenters. The highest BCUT2D eigenvalue weighted by Crippen LogP contribution is 2.36. The molecule has 128 valence electrons. The van der Waals surface area contributed by atoms with Crippen LogP contribution in [0.4, 0.5) is 26.3 Å². The highest BCUT2D eigenvalue weighted by molar-refractivity contribution is 6.30. The second kappa shape index (κ2) is 6.39. The normalized spacial score (nSPS) is 12.8. The van der Waals surface area contributed by atoms with E-state index in [1.165, 1.54) is 24.3 Å². The standard InChI is InChI=1S/C16H9ClF6O/c17-13-3-4-14(24)10(7-13)2-1-9-5-11(15(18,19)20)8-12(6-9)16(21,22)23/h1-8,24H/b2-1+. The highest BCUT2D eigenvalue weighted by atomic mass is 35.5. The Kier molecular flexibility index (Phi) is 4.85. The molecule has 0 saturated carbocycles. The average molecular weight is 367 g/mol. The average Bonchev–Trinajstić information content (AvgIpc) is 2.46. The third-order valence-electron chi connectivity index (χ3n) is 3.05. The number of hydrogen-bond acceptors (Lipinski definition) is 1. The largest absolute Gasteiger partial charge is 0.507 e. The first-order valence-electron chi connectivity index (χ1n) is 6.43. The van der Waals surface area contributed by atoms with Gasteiger partial charge in [0.1, 0.15) is 5.75 Å². The molecule has 2 aromatic carbocycles. The zero-order valence-electron chi connectivity index (χ0n) is 11.7. The van der Waals surface area contributed by atoms with Crippen LogP contribution >= 0.6 is 11.6 Å². The predicted octanol–water partition coefficient (Wildman–Crippen LogP) is 6.25. The summed E-state index contributed by atoms with van der Waals surface area (Å²) in [5.41, 5.74) is -2.97. The number of hydrogen-bond donors (Lipinski definition) is 1. The van der Waals surface area contributed by atoms with Gasteiger partial charge in [0.05, 0.1) is 11.1 Å². The third-order valence-corrected chi connectivity index (χ3v) is 3.29. The van der Waals surface area contributed by atoms with Crippen molar-refractivity contribution in [3.8, 4) is 5.75 Å².